The summed E-state index contributed by atoms with van der Waals surface area (Å²) in [7, 11) is 0. The Kier molecular flexibility index (Phi) is 4.92. The number of thiocarbonyl (C=S) groups is 1. The molecule has 20 heavy (non-hydrogen) atoms. The van der Waals surface area contributed by atoms with Crippen LogP contribution < -0.4 is 10.5 Å². The van der Waals surface area contributed by atoms with Crippen molar-refractivity contribution in [3.05, 3.63) is 29.8 Å². The predicted molar refractivity (Wildman–Crippen MR) is 79.6 cm³/mol. The van der Waals surface area contributed by atoms with E-state index in [9.17, 15) is 9.90 Å². The van der Waals surface area contributed by atoms with Crippen molar-refractivity contribution in [2.45, 2.75) is 18.9 Å². The number of rotatable bonds is 4. The smallest absolute Gasteiger partial charge is 0.260 e. The second kappa shape index (κ2) is 6.67. The van der Waals surface area contributed by atoms with Crippen molar-refractivity contribution < 1.29 is 14.6 Å². The van der Waals surface area contributed by atoms with Crippen molar-refractivity contribution in [2.75, 3.05) is 19.7 Å². The molecule has 1 aliphatic heterocycles. The van der Waals surface area contributed by atoms with Crippen LogP contribution in [-0.4, -0.2) is 46.7 Å². The number of para-hydroxylation sites is 1. The molecule has 1 atom stereocenters. The molecule has 6 heteroatoms. The van der Waals surface area contributed by atoms with Crippen molar-refractivity contribution in [3.63, 3.8) is 0 Å². The average molecular weight is 294 g/mol. The van der Waals surface area contributed by atoms with Gasteiger partial charge < -0.3 is 20.5 Å². The zero-order valence-electron chi connectivity index (χ0n) is 11.1. The Morgan fingerprint density at radius 1 is 1.50 bits per heavy atom. The molecule has 0 spiro atoms. The minimum absolute atomic E-state index is 0.0770. The molecule has 0 aromatic heterocycles. The molecule has 1 aromatic rings. The summed E-state index contributed by atoms with van der Waals surface area (Å²) in [5.74, 6) is 0.368. The first kappa shape index (κ1) is 14.7. The molecule has 2 rings (SSSR count). The van der Waals surface area contributed by atoms with Gasteiger partial charge in [0.2, 0.25) is 0 Å². The Morgan fingerprint density at radius 2 is 2.25 bits per heavy atom. The third-order valence-electron chi connectivity index (χ3n) is 3.25. The van der Waals surface area contributed by atoms with Crippen molar-refractivity contribution in [1.29, 1.82) is 0 Å². The Bertz CT molecular complexity index is 507. The van der Waals surface area contributed by atoms with Gasteiger partial charge in [0.15, 0.2) is 6.61 Å². The number of aliphatic hydroxyl groups is 1. The molecule has 0 radical (unpaired) electrons. The minimum Gasteiger partial charge on any atom is -0.483 e. The van der Waals surface area contributed by atoms with Gasteiger partial charge >= 0.3 is 0 Å². The quantitative estimate of drug-likeness (QED) is 0.799. The predicted octanol–water partition coefficient (Wildman–Crippen LogP) is 0.683. The normalized spacial score (nSPS) is 18.6. The molecule has 1 fully saturated rings. The SMILES string of the molecule is NC(=S)c1ccccc1OCC(=O)N1CCCC(O)C1. The second-order valence-corrected chi connectivity index (χ2v) is 5.22. The first-order valence-corrected chi connectivity index (χ1v) is 6.96. The van der Waals surface area contributed by atoms with Crippen LogP contribution in [0.25, 0.3) is 0 Å². The summed E-state index contributed by atoms with van der Waals surface area (Å²) in [5, 5.41) is 9.56. The fourth-order valence-corrected chi connectivity index (χ4v) is 2.38. The number of carbonyl (C=O) groups is 1. The van der Waals surface area contributed by atoms with E-state index in [0.29, 0.717) is 24.4 Å². The van der Waals surface area contributed by atoms with Gasteiger partial charge in [-0.05, 0) is 25.0 Å². The van der Waals surface area contributed by atoms with Crippen molar-refractivity contribution in [2.24, 2.45) is 5.73 Å². The molecule has 1 aliphatic rings. The van der Waals surface area contributed by atoms with Crippen molar-refractivity contribution in [1.82, 2.24) is 4.90 Å². The molecular formula is C14H18N2O3S. The second-order valence-electron chi connectivity index (χ2n) is 4.78. The maximum atomic E-state index is 12.0. The van der Waals surface area contributed by atoms with Gasteiger partial charge in [0, 0.05) is 13.1 Å². The van der Waals surface area contributed by atoms with Crippen molar-refractivity contribution >= 4 is 23.1 Å². The number of piperidine rings is 1. The summed E-state index contributed by atoms with van der Waals surface area (Å²) in [4.78, 5) is 13.9. The number of nitrogens with zero attached hydrogens (tertiary/aromatic N) is 1. The summed E-state index contributed by atoms with van der Waals surface area (Å²) in [6.07, 6.45) is 1.13. The average Bonchev–Trinajstić information content (AvgIpc) is 2.45. The molecule has 1 heterocycles. The van der Waals surface area contributed by atoms with Crippen LogP contribution in [0.15, 0.2) is 24.3 Å². The number of likely N-dealkylation sites (tertiary alicyclic amines) is 1. The number of β-amino-alcohol motifs (C(OH)–C–C–N with tert-alkyl or cyclic N) is 1. The highest BCUT2D eigenvalue weighted by Gasteiger charge is 2.22. The topological polar surface area (TPSA) is 75.8 Å². The molecule has 5 nitrogen and oxygen atoms in total. The summed E-state index contributed by atoms with van der Waals surface area (Å²) in [5.41, 5.74) is 6.22. The monoisotopic (exact) mass is 294 g/mol. The van der Waals surface area contributed by atoms with E-state index in [0.717, 1.165) is 12.8 Å². The van der Waals surface area contributed by atoms with Gasteiger partial charge in [0.1, 0.15) is 10.7 Å². The summed E-state index contributed by atoms with van der Waals surface area (Å²) < 4.78 is 5.51. The number of benzene rings is 1. The molecule has 0 saturated carbocycles. The Balaban J connectivity index is 1.95. The van der Waals surface area contributed by atoms with Gasteiger partial charge in [-0.25, -0.2) is 0 Å². The largest absolute Gasteiger partial charge is 0.483 e. The zero-order valence-corrected chi connectivity index (χ0v) is 11.9. The number of hydrogen-bond donors (Lipinski definition) is 2. The van der Waals surface area contributed by atoms with Crippen LogP contribution in [0.3, 0.4) is 0 Å². The summed E-state index contributed by atoms with van der Waals surface area (Å²) in [6, 6.07) is 7.09. The van der Waals surface area contributed by atoms with E-state index in [1.54, 1.807) is 23.1 Å². The number of ether oxygens (including phenoxy) is 1. The lowest BCUT2D eigenvalue weighted by molar-refractivity contribution is -0.136. The van der Waals surface area contributed by atoms with Gasteiger partial charge in [-0.15, -0.1) is 0 Å². The highest BCUT2D eigenvalue weighted by molar-refractivity contribution is 7.80. The van der Waals surface area contributed by atoms with Crippen molar-refractivity contribution in [3.8, 4) is 5.75 Å². The molecule has 0 aliphatic carbocycles. The van der Waals surface area contributed by atoms with Gasteiger partial charge in [-0.2, -0.15) is 0 Å². The number of aliphatic hydroxyl groups excluding tert-OH is 1. The molecule has 1 amide bonds. The van der Waals surface area contributed by atoms with Gasteiger partial charge in [0.25, 0.3) is 5.91 Å². The van der Waals surface area contributed by atoms with E-state index in [1.807, 2.05) is 6.07 Å². The van der Waals surface area contributed by atoms with Crippen LogP contribution in [0.2, 0.25) is 0 Å². The molecule has 0 bridgehead atoms. The number of nitrogens with two attached hydrogens (primary N) is 1. The lowest BCUT2D eigenvalue weighted by Crippen LogP contribution is -2.44. The van der Waals surface area contributed by atoms with Crippen LogP contribution in [-0.2, 0) is 4.79 Å². The summed E-state index contributed by atoms with van der Waals surface area (Å²) in [6.45, 7) is 0.960. The van der Waals surface area contributed by atoms with E-state index in [1.165, 1.54) is 0 Å². The maximum Gasteiger partial charge on any atom is 0.260 e. The van der Waals surface area contributed by atoms with E-state index in [4.69, 9.17) is 22.7 Å². The third kappa shape index (κ3) is 3.68. The Morgan fingerprint density at radius 3 is 2.95 bits per heavy atom. The Labute approximate surface area is 123 Å². The van der Waals surface area contributed by atoms with Crippen LogP contribution >= 0.6 is 12.2 Å². The highest BCUT2D eigenvalue weighted by atomic mass is 32.1. The molecule has 1 unspecified atom stereocenters. The van der Waals surface area contributed by atoms with E-state index >= 15 is 0 Å². The van der Waals surface area contributed by atoms with Gasteiger partial charge in [-0.1, -0.05) is 24.4 Å². The highest BCUT2D eigenvalue weighted by Crippen LogP contribution is 2.18. The fraction of sp³-hybridized carbons (Fsp3) is 0.429. The number of hydrogen-bond acceptors (Lipinski definition) is 4. The number of amides is 1. The van der Waals surface area contributed by atoms with E-state index in [-0.39, 0.29) is 17.5 Å². The van der Waals surface area contributed by atoms with Crippen LogP contribution in [0.4, 0.5) is 0 Å². The molecule has 1 aromatic carbocycles. The van der Waals surface area contributed by atoms with E-state index in [2.05, 4.69) is 0 Å². The molecule has 108 valence electrons. The molecule has 3 N–H and O–H groups in total. The molecular weight excluding hydrogens is 276 g/mol. The van der Waals surface area contributed by atoms with Gasteiger partial charge in [-0.3, -0.25) is 4.79 Å². The lowest BCUT2D eigenvalue weighted by atomic mass is 10.1. The fourth-order valence-electron chi connectivity index (χ4n) is 2.21. The van der Waals surface area contributed by atoms with Crippen LogP contribution in [0, 0.1) is 0 Å². The van der Waals surface area contributed by atoms with E-state index < -0.39 is 6.10 Å². The lowest BCUT2D eigenvalue weighted by Gasteiger charge is -2.30. The third-order valence-corrected chi connectivity index (χ3v) is 3.47. The summed E-state index contributed by atoms with van der Waals surface area (Å²) >= 11 is 4.94. The first-order chi connectivity index (χ1) is 9.58. The number of carbonyl (C=O) groups excluding carboxylic acids is 1. The van der Waals surface area contributed by atoms with Crippen LogP contribution in [0.5, 0.6) is 5.75 Å². The van der Waals surface area contributed by atoms with Gasteiger partial charge in [0.05, 0.1) is 11.7 Å². The molecule has 1 saturated heterocycles. The minimum atomic E-state index is -0.434. The zero-order chi connectivity index (χ0) is 14.5. The van der Waals surface area contributed by atoms with Crippen LogP contribution in [0.1, 0.15) is 18.4 Å². The first-order valence-electron chi connectivity index (χ1n) is 6.55. The Hall–Kier alpha value is -1.66. The standard InChI is InChI=1S/C14H18N2O3S/c15-14(20)11-5-1-2-6-12(11)19-9-13(18)16-7-3-4-10(17)8-16/h1-2,5-6,10,17H,3-4,7-9H2,(H2,15,20). The maximum absolute atomic E-state index is 12.0.